The molecule has 4 rings (SSSR count). The van der Waals surface area contributed by atoms with Gasteiger partial charge in [-0.1, -0.05) is 36.4 Å². The van der Waals surface area contributed by atoms with Crippen molar-refractivity contribution in [3.05, 3.63) is 111 Å². The number of carbonyl (C=O) groups excluding carboxylic acids is 1. The van der Waals surface area contributed by atoms with Crippen molar-refractivity contribution in [1.29, 1.82) is 0 Å². The maximum absolute atomic E-state index is 14.3. The maximum atomic E-state index is 14.3. The normalized spacial score (nSPS) is 10.9. The van der Waals surface area contributed by atoms with Crippen molar-refractivity contribution in [2.24, 2.45) is 0 Å². The summed E-state index contributed by atoms with van der Waals surface area (Å²) in [7, 11) is 0. The average molecular weight is 401 g/mol. The third-order valence-corrected chi connectivity index (χ3v) is 5.01. The van der Waals surface area contributed by atoms with Crippen LogP contribution >= 0.6 is 0 Å². The van der Waals surface area contributed by atoms with Gasteiger partial charge >= 0.3 is 0 Å². The molecule has 2 heterocycles. The van der Waals surface area contributed by atoms with E-state index >= 15 is 0 Å². The zero-order chi connectivity index (χ0) is 21.1. The van der Waals surface area contributed by atoms with Gasteiger partial charge in [-0.05, 0) is 47.7 Å². The summed E-state index contributed by atoms with van der Waals surface area (Å²) in [6.07, 6.45) is 3.29. The number of H-pyrrole nitrogens is 1. The highest BCUT2D eigenvalue weighted by molar-refractivity contribution is 5.94. The summed E-state index contributed by atoms with van der Waals surface area (Å²) in [6, 6.07) is 17.0. The smallest absolute Gasteiger partial charge is 0.257 e. The number of pyridine rings is 2. The van der Waals surface area contributed by atoms with Gasteiger partial charge in [0.25, 0.3) is 11.5 Å². The van der Waals surface area contributed by atoms with Gasteiger partial charge in [-0.2, -0.15) is 0 Å². The van der Waals surface area contributed by atoms with Crippen molar-refractivity contribution in [3.8, 4) is 0 Å². The SMILES string of the molecule is Cc1cccc2cc(CN(Cc3cccnc3)C(=O)c3ccccc3F)c(=O)[nH]c12. The van der Waals surface area contributed by atoms with Gasteiger partial charge in [0.15, 0.2) is 0 Å². The van der Waals surface area contributed by atoms with Crippen molar-refractivity contribution < 1.29 is 9.18 Å². The van der Waals surface area contributed by atoms with E-state index in [1.165, 1.54) is 23.1 Å². The van der Waals surface area contributed by atoms with Crippen LogP contribution in [0.15, 0.2) is 77.9 Å². The monoisotopic (exact) mass is 401 g/mol. The largest absolute Gasteiger partial charge is 0.330 e. The number of rotatable bonds is 5. The number of nitrogens with zero attached hydrogens (tertiary/aromatic N) is 2. The molecule has 5 nitrogen and oxygen atoms in total. The van der Waals surface area contributed by atoms with E-state index in [2.05, 4.69) is 9.97 Å². The molecular weight excluding hydrogens is 381 g/mol. The highest BCUT2D eigenvalue weighted by atomic mass is 19.1. The van der Waals surface area contributed by atoms with E-state index in [0.717, 1.165) is 22.0 Å². The van der Waals surface area contributed by atoms with Crippen LogP contribution in [0.4, 0.5) is 4.39 Å². The lowest BCUT2D eigenvalue weighted by Gasteiger charge is -2.23. The molecule has 1 amide bonds. The molecule has 0 aliphatic rings. The third-order valence-electron chi connectivity index (χ3n) is 5.01. The Balaban J connectivity index is 1.74. The second kappa shape index (κ2) is 8.29. The van der Waals surface area contributed by atoms with Gasteiger partial charge in [0, 0.05) is 24.5 Å². The van der Waals surface area contributed by atoms with Crippen molar-refractivity contribution >= 4 is 16.8 Å². The van der Waals surface area contributed by atoms with Crippen LogP contribution in [-0.2, 0) is 13.1 Å². The highest BCUT2D eigenvalue weighted by Gasteiger charge is 2.21. The Bertz CT molecular complexity index is 1270. The Morgan fingerprint density at radius 1 is 1.07 bits per heavy atom. The Kier molecular flexibility index (Phi) is 5.39. The van der Waals surface area contributed by atoms with E-state index in [1.807, 2.05) is 31.2 Å². The average Bonchev–Trinajstić information content (AvgIpc) is 2.75. The first-order valence-corrected chi connectivity index (χ1v) is 9.57. The van der Waals surface area contributed by atoms with Crippen LogP contribution in [0, 0.1) is 12.7 Å². The zero-order valence-electron chi connectivity index (χ0n) is 16.4. The molecular formula is C24H20FN3O2. The Morgan fingerprint density at radius 2 is 1.90 bits per heavy atom. The molecule has 150 valence electrons. The number of nitrogens with one attached hydrogen (secondary N) is 1. The van der Waals surface area contributed by atoms with Crippen molar-refractivity contribution in [2.45, 2.75) is 20.0 Å². The summed E-state index contributed by atoms with van der Waals surface area (Å²) in [6.45, 7) is 2.17. The number of benzene rings is 2. The van der Waals surface area contributed by atoms with Gasteiger partial charge in [-0.3, -0.25) is 14.6 Å². The number of fused-ring (bicyclic) bond motifs is 1. The predicted molar refractivity (Wildman–Crippen MR) is 114 cm³/mol. The second-order valence-corrected chi connectivity index (χ2v) is 7.17. The van der Waals surface area contributed by atoms with E-state index < -0.39 is 11.7 Å². The first-order valence-electron chi connectivity index (χ1n) is 9.57. The molecule has 0 aliphatic heterocycles. The summed E-state index contributed by atoms with van der Waals surface area (Å²) in [5.41, 5.74) is 2.65. The van der Waals surface area contributed by atoms with E-state index in [4.69, 9.17) is 0 Å². The number of para-hydroxylation sites is 1. The van der Waals surface area contributed by atoms with E-state index in [1.54, 1.807) is 30.6 Å². The lowest BCUT2D eigenvalue weighted by Crippen LogP contribution is -2.33. The molecule has 0 fully saturated rings. The standard InChI is InChI=1S/C24H20FN3O2/c1-16-6-4-8-18-12-19(23(29)27-22(16)18)15-28(14-17-7-5-11-26-13-17)24(30)20-9-2-3-10-21(20)25/h2-13H,14-15H2,1H3,(H,27,29). The number of hydrogen-bond donors (Lipinski definition) is 1. The fourth-order valence-electron chi connectivity index (χ4n) is 3.47. The number of carbonyl (C=O) groups is 1. The van der Waals surface area contributed by atoms with Crippen LogP contribution in [0.25, 0.3) is 10.9 Å². The van der Waals surface area contributed by atoms with Gasteiger partial charge in [-0.25, -0.2) is 4.39 Å². The van der Waals surface area contributed by atoms with Crippen LogP contribution in [0.1, 0.15) is 27.0 Å². The summed E-state index contributed by atoms with van der Waals surface area (Å²) in [5.74, 6) is -1.08. The Hall–Kier alpha value is -3.80. The molecule has 0 unspecified atom stereocenters. The van der Waals surface area contributed by atoms with Gasteiger partial charge in [0.1, 0.15) is 5.82 Å². The molecule has 0 aliphatic carbocycles. The topological polar surface area (TPSA) is 66.1 Å². The minimum Gasteiger partial charge on any atom is -0.330 e. The lowest BCUT2D eigenvalue weighted by molar-refractivity contribution is 0.0724. The molecule has 0 atom stereocenters. The van der Waals surface area contributed by atoms with Crippen molar-refractivity contribution in [2.75, 3.05) is 0 Å². The van der Waals surface area contributed by atoms with Crippen molar-refractivity contribution in [3.63, 3.8) is 0 Å². The Labute approximate surface area is 172 Å². The number of halogens is 1. The van der Waals surface area contributed by atoms with Crippen LogP contribution in [0.2, 0.25) is 0 Å². The van der Waals surface area contributed by atoms with Gasteiger partial charge in [-0.15, -0.1) is 0 Å². The quantitative estimate of drug-likeness (QED) is 0.545. The molecule has 1 N–H and O–H groups in total. The van der Waals surface area contributed by atoms with E-state index in [9.17, 15) is 14.0 Å². The minimum atomic E-state index is -0.596. The van der Waals surface area contributed by atoms with Gasteiger partial charge in [0.2, 0.25) is 0 Å². The minimum absolute atomic E-state index is 0.0329. The fraction of sp³-hybridized carbons (Fsp3) is 0.125. The number of aromatic nitrogens is 2. The van der Waals surface area contributed by atoms with E-state index in [-0.39, 0.29) is 24.2 Å². The molecule has 0 radical (unpaired) electrons. The molecule has 0 spiro atoms. The first-order chi connectivity index (χ1) is 14.5. The second-order valence-electron chi connectivity index (χ2n) is 7.17. The molecule has 0 bridgehead atoms. The Morgan fingerprint density at radius 3 is 2.67 bits per heavy atom. The molecule has 4 aromatic rings. The molecule has 30 heavy (non-hydrogen) atoms. The molecule has 2 aromatic carbocycles. The third kappa shape index (κ3) is 3.98. The molecule has 0 saturated heterocycles. The molecule has 0 saturated carbocycles. The number of amides is 1. The first kappa shape index (κ1) is 19.5. The summed E-state index contributed by atoms with van der Waals surface area (Å²) < 4.78 is 14.3. The molecule has 6 heteroatoms. The lowest BCUT2D eigenvalue weighted by atomic mass is 10.1. The van der Waals surface area contributed by atoms with E-state index in [0.29, 0.717) is 5.56 Å². The number of aryl methyl sites for hydroxylation is 1. The van der Waals surface area contributed by atoms with Crippen molar-refractivity contribution in [1.82, 2.24) is 14.9 Å². The van der Waals surface area contributed by atoms with Gasteiger partial charge < -0.3 is 9.88 Å². The fourth-order valence-corrected chi connectivity index (χ4v) is 3.47. The number of hydrogen-bond acceptors (Lipinski definition) is 3. The number of aromatic amines is 1. The highest BCUT2D eigenvalue weighted by Crippen LogP contribution is 2.18. The van der Waals surface area contributed by atoms with Crippen LogP contribution < -0.4 is 5.56 Å². The van der Waals surface area contributed by atoms with Crippen LogP contribution in [-0.4, -0.2) is 20.8 Å². The summed E-state index contributed by atoms with van der Waals surface area (Å²) >= 11 is 0. The summed E-state index contributed by atoms with van der Waals surface area (Å²) in [5, 5.41) is 0.879. The van der Waals surface area contributed by atoms with Crippen LogP contribution in [0.5, 0.6) is 0 Å². The summed E-state index contributed by atoms with van der Waals surface area (Å²) in [4.78, 5) is 34.3. The van der Waals surface area contributed by atoms with Gasteiger partial charge in [0.05, 0.1) is 17.6 Å². The van der Waals surface area contributed by atoms with Crippen LogP contribution in [0.3, 0.4) is 0 Å². The zero-order valence-corrected chi connectivity index (χ0v) is 16.4. The predicted octanol–water partition coefficient (Wildman–Crippen LogP) is 4.21. The maximum Gasteiger partial charge on any atom is 0.257 e. The molecule has 2 aromatic heterocycles.